The zero-order chi connectivity index (χ0) is 19.6. The number of amides is 1. The molecule has 0 radical (unpaired) electrons. The van der Waals surface area contributed by atoms with Crippen molar-refractivity contribution >= 4 is 39.1 Å². The van der Waals surface area contributed by atoms with Gasteiger partial charge >= 0.3 is 0 Å². The van der Waals surface area contributed by atoms with Gasteiger partial charge in [-0.1, -0.05) is 29.3 Å². The fraction of sp³-hybridized carbons (Fsp3) is 0.611. The summed E-state index contributed by atoms with van der Waals surface area (Å²) in [5.74, 6) is -0.00858. The van der Waals surface area contributed by atoms with E-state index in [1.165, 1.54) is 10.6 Å². The van der Waals surface area contributed by atoms with Crippen LogP contribution in [-0.4, -0.2) is 80.0 Å². The summed E-state index contributed by atoms with van der Waals surface area (Å²) in [6.07, 6.45) is 3.76. The molecule has 0 N–H and O–H groups in total. The number of nitrogens with zero attached hydrogens (tertiary/aromatic N) is 3. The lowest BCUT2D eigenvalue weighted by Crippen LogP contribution is -2.59. The van der Waals surface area contributed by atoms with Crippen LogP contribution < -0.4 is 0 Å². The summed E-state index contributed by atoms with van der Waals surface area (Å²) in [5.41, 5.74) is 0.805. The Balaban J connectivity index is 1.73. The highest BCUT2D eigenvalue weighted by atomic mass is 35.5. The molecule has 0 aliphatic carbocycles. The zero-order valence-corrected chi connectivity index (χ0v) is 17.7. The molecule has 0 aromatic heterocycles. The van der Waals surface area contributed by atoms with Crippen LogP contribution in [0.4, 0.5) is 0 Å². The van der Waals surface area contributed by atoms with Gasteiger partial charge in [0.25, 0.3) is 0 Å². The number of piperazine rings is 1. The van der Waals surface area contributed by atoms with Crippen LogP contribution >= 0.6 is 23.2 Å². The first-order valence-corrected chi connectivity index (χ1v) is 11.8. The largest absolute Gasteiger partial charge is 0.335 e. The number of likely N-dealkylation sites (tertiary alicyclic amines) is 1. The minimum atomic E-state index is -3.27. The summed E-state index contributed by atoms with van der Waals surface area (Å²) in [6.45, 7) is 3.81. The fourth-order valence-corrected chi connectivity index (χ4v) is 4.98. The normalized spacial score (nSPS) is 22.3. The lowest BCUT2D eigenvalue weighted by Gasteiger charge is -2.42. The van der Waals surface area contributed by atoms with Gasteiger partial charge in [-0.3, -0.25) is 4.79 Å². The van der Waals surface area contributed by atoms with Crippen LogP contribution in [0.15, 0.2) is 18.2 Å². The molecule has 0 spiro atoms. The topological polar surface area (TPSA) is 60.9 Å². The molecule has 1 aromatic rings. The summed E-state index contributed by atoms with van der Waals surface area (Å²) < 4.78 is 25.5. The molecule has 1 atom stereocenters. The number of halogens is 2. The molecule has 2 heterocycles. The van der Waals surface area contributed by atoms with Crippen molar-refractivity contribution in [2.24, 2.45) is 0 Å². The molecule has 0 saturated carbocycles. The quantitative estimate of drug-likeness (QED) is 0.713. The van der Waals surface area contributed by atoms with Crippen molar-refractivity contribution in [3.63, 3.8) is 0 Å². The average Bonchev–Trinajstić information content (AvgIpc) is 3.10. The van der Waals surface area contributed by atoms with Gasteiger partial charge in [-0.05, 0) is 43.6 Å². The molecular weight excluding hydrogens is 409 g/mol. The van der Waals surface area contributed by atoms with Crippen molar-refractivity contribution < 1.29 is 13.2 Å². The van der Waals surface area contributed by atoms with Gasteiger partial charge in [0.05, 0.1) is 28.8 Å². The fourth-order valence-electron chi connectivity index (χ4n) is 3.80. The average molecular weight is 434 g/mol. The Hall–Kier alpha value is -0.860. The predicted octanol–water partition coefficient (Wildman–Crippen LogP) is 2.10. The lowest BCUT2D eigenvalue weighted by molar-refractivity contribution is -0.135. The van der Waals surface area contributed by atoms with Crippen LogP contribution in [0.5, 0.6) is 0 Å². The summed E-state index contributed by atoms with van der Waals surface area (Å²) in [6, 6.07) is 5.07. The van der Waals surface area contributed by atoms with Crippen LogP contribution in [0.3, 0.4) is 0 Å². The van der Waals surface area contributed by atoms with Gasteiger partial charge in [-0.15, -0.1) is 0 Å². The molecule has 150 valence electrons. The molecule has 0 bridgehead atoms. The second-order valence-corrected chi connectivity index (χ2v) is 10.1. The van der Waals surface area contributed by atoms with Crippen LogP contribution in [0, 0.1) is 0 Å². The molecule has 3 rings (SSSR count). The summed E-state index contributed by atoms with van der Waals surface area (Å²) in [7, 11) is -3.27. The molecular formula is C18H25Cl2N3O3S. The van der Waals surface area contributed by atoms with Gasteiger partial charge in [0.1, 0.15) is 0 Å². The smallest absolute Gasteiger partial charge is 0.227 e. The Morgan fingerprint density at radius 3 is 2.44 bits per heavy atom. The third kappa shape index (κ3) is 5.35. The van der Waals surface area contributed by atoms with E-state index >= 15 is 0 Å². The monoisotopic (exact) mass is 433 g/mol. The highest BCUT2D eigenvalue weighted by molar-refractivity contribution is 7.88. The van der Waals surface area contributed by atoms with E-state index in [1.807, 2.05) is 4.90 Å². The second-order valence-electron chi connectivity index (χ2n) is 7.29. The van der Waals surface area contributed by atoms with Gasteiger partial charge in [0.2, 0.25) is 15.9 Å². The number of carbonyl (C=O) groups excluding carboxylic acids is 1. The van der Waals surface area contributed by atoms with E-state index in [-0.39, 0.29) is 18.4 Å². The maximum absolute atomic E-state index is 13.0. The lowest BCUT2D eigenvalue weighted by atomic mass is 10.1. The first-order valence-electron chi connectivity index (χ1n) is 9.15. The number of hydrogen-bond donors (Lipinski definition) is 0. The molecule has 1 unspecified atom stereocenters. The predicted molar refractivity (Wildman–Crippen MR) is 108 cm³/mol. The van der Waals surface area contributed by atoms with E-state index in [0.717, 1.165) is 31.5 Å². The first kappa shape index (κ1) is 20.9. The van der Waals surface area contributed by atoms with Crippen LogP contribution in [0.25, 0.3) is 0 Å². The van der Waals surface area contributed by atoms with Gasteiger partial charge < -0.3 is 9.80 Å². The summed E-state index contributed by atoms with van der Waals surface area (Å²) in [5, 5.41) is 0.888. The van der Waals surface area contributed by atoms with Crippen LogP contribution in [0.2, 0.25) is 10.0 Å². The number of rotatable bonds is 5. The maximum atomic E-state index is 13.0. The van der Waals surface area contributed by atoms with Crippen molar-refractivity contribution in [1.82, 2.24) is 14.1 Å². The Morgan fingerprint density at radius 1 is 1.11 bits per heavy atom. The number of carbonyl (C=O) groups is 1. The van der Waals surface area contributed by atoms with E-state index in [0.29, 0.717) is 36.2 Å². The number of sulfonamides is 1. The minimum Gasteiger partial charge on any atom is -0.335 e. The third-order valence-electron chi connectivity index (χ3n) is 5.24. The Labute approximate surface area is 171 Å². The van der Waals surface area contributed by atoms with E-state index in [4.69, 9.17) is 23.2 Å². The molecule has 9 heteroatoms. The van der Waals surface area contributed by atoms with Gasteiger partial charge in [0.15, 0.2) is 0 Å². The van der Waals surface area contributed by atoms with Crippen LogP contribution in [-0.2, 0) is 21.2 Å². The van der Waals surface area contributed by atoms with Crippen molar-refractivity contribution in [2.75, 3.05) is 45.5 Å². The molecule has 1 amide bonds. The van der Waals surface area contributed by atoms with E-state index in [9.17, 15) is 13.2 Å². The third-order valence-corrected chi connectivity index (χ3v) is 7.25. The molecule has 2 fully saturated rings. The number of hydrogen-bond acceptors (Lipinski definition) is 4. The van der Waals surface area contributed by atoms with Gasteiger partial charge in [0, 0.05) is 26.2 Å². The Kier molecular flexibility index (Phi) is 6.69. The molecule has 1 aromatic carbocycles. The Bertz CT molecular complexity index is 797. The minimum absolute atomic E-state index is 0.00858. The second kappa shape index (κ2) is 8.66. The standard InChI is InChI=1S/C18H25Cl2N3O3S/c1-27(25,26)22-8-9-23(15(13-22)12-21-6-2-3-7-21)18(24)11-14-4-5-16(19)17(20)10-14/h4-5,10,15H,2-3,6-9,11-13H2,1H3. The molecule has 2 saturated heterocycles. The molecule has 27 heavy (non-hydrogen) atoms. The van der Waals surface area contributed by atoms with Crippen molar-refractivity contribution in [3.8, 4) is 0 Å². The van der Waals surface area contributed by atoms with Crippen molar-refractivity contribution in [2.45, 2.75) is 25.3 Å². The molecule has 2 aliphatic rings. The van der Waals surface area contributed by atoms with Crippen molar-refractivity contribution in [3.05, 3.63) is 33.8 Å². The maximum Gasteiger partial charge on any atom is 0.227 e. The highest BCUT2D eigenvalue weighted by Gasteiger charge is 2.35. The van der Waals surface area contributed by atoms with E-state index < -0.39 is 10.0 Å². The van der Waals surface area contributed by atoms with Crippen LogP contribution in [0.1, 0.15) is 18.4 Å². The zero-order valence-electron chi connectivity index (χ0n) is 15.4. The molecule has 2 aliphatic heterocycles. The number of benzene rings is 1. The molecule has 6 nitrogen and oxygen atoms in total. The van der Waals surface area contributed by atoms with Crippen molar-refractivity contribution in [1.29, 1.82) is 0 Å². The van der Waals surface area contributed by atoms with E-state index in [2.05, 4.69) is 4.90 Å². The first-order chi connectivity index (χ1) is 12.7. The summed E-state index contributed by atoms with van der Waals surface area (Å²) >= 11 is 12.0. The van der Waals surface area contributed by atoms with Gasteiger partial charge in [-0.2, -0.15) is 4.31 Å². The summed E-state index contributed by atoms with van der Waals surface area (Å²) in [4.78, 5) is 17.1. The highest BCUT2D eigenvalue weighted by Crippen LogP contribution is 2.24. The Morgan fingerprint density at radius 2 is 1.81 bits per heavy atom. The SMILES string of the molecule is CS(=O)(=O)N1CCN(C(=O)Cc2ccc(Cl)c(Cl)c2)C(CN2CCCC2)C1. The van der Waals surface area contributed by atoms with Gasteiger partial charge in [-0.25, -0.2) is 8.42 Å². The van der Waals surface area contributed by atoms with E-state index in [1.54, 1.807) is 18.2 Å².